The third kappa shape index (κ3) is 2.87. The van der Waals surface area contributed by atoms with Gasteiger partial charge in [0.1, 0.15) is 5.78 Å². The van der Waals surface area contributed by atoms with E-state index >= 15 is 0 Å². The van der Waals surface area contributed by atoms with Crippen molar-refractivity contribution in [3.8, 4) is 0 Å². The first-order valence-electron chi connectivity index (χ1n) is 6.34. The average molecular weight is 231 g/mol. The molecule has 1 fully saturated rings. The molecule has 17 heavy (non-hydrogen) atoms. The van der Waals surface area contributed by atoms with E-state index in [1.807, 2.05) is 0 Å². The molecular weight excluding hydrogens is 210 g/mol. The van der Waals surface area contributed by atoms with Crippen molar-refractivity contribution in [2.75, 3.05) is 18.0 Å². The monoisotopic (exact) mass is 231 g/mol. The number of carbonyl (C=O) groups excluding carboxylic acids is 1. The van der Waals surface area contributed by atoms with Crippen LogP contribution in [0.15, 0.2) is 24.3 Å². The number of carbonyl (C=O) groups is 1. The van der Waals surface area contributed by atoms with E-state index in [1.165, 1.54) is 11.3 Å². The van der Waals surface area contributed by atoms with E-state index in [1.54, 1.807) is 0 Å². The van der Waals surface area contributed by atoms with Crippen LogP contribution in [0.1, 0.15) is 39.2 Å². The molecule has 0 atom stereocenters. The lowest BCUT2D eigenvalue weighted by Gasteiger charge is -2.29. The zero-order chi connectivity index (χ0) is 12.5. The second-order valence-corrected chi connectivity index (χ2v) is 5.83. The molecule has 1 aromatic carbocycles. The fourth-order valence-electron chi connectivity index (χ4n) is 2.18. The van der Waals surface area contributed by atoms with Gasteiger partial charge < -0.3 is 4.90 Å². The number of ketones is 1. The van der Waals surface area contributed by atoms with Crippen LogP contribution in [0.4, 0.5) is 5.69 Å². The van der Waals surface area contributed by atoms with Gasteiger partial charge in [-0.2, -0.15) is 0 Å². The predicted octanol–water partition coefficient (Wildman–Crippen LogP) is 3.15. The Labute approximate surface area is 104 Å². The molecule has 1 aliphatic rings. The smallest absolute Gasteiger partial charge is 0.136 e. The van der Waals surface area contributed by atoms with Crippen molar-refractivity contribution in [3.63, 3.8) is 0 Å². The normalized spacial score (nSPS) is 17.4. The number of benzene rings is 1. The van der Waals surface area contributed by atoms with Gasteiger partial charge in [0.05, 0.1) is 0 Å². The van der Waals surface area contributed by atoms with Gasteiger partial charge in [-0.25, -0.2) is 0 Å². The Kier molecular flexibility index (Phi) is 3.23. The summed E-state index contributed by atoms with van der Waals surface area (Å²) in [4.78, 5) is 13.6. The summed E-state index contributed by atoms with van der Waals surface area (Å²) in [5.74, 6) is 0.397. The van der Waals surface area contributed by atoms with Crippen LogP contribution in [0.3, 0.4) is 0 Å². The molecule has 0 unspecified atom stereocenters. The first kappa shape index (κ1) is 12.2. The quantitative estimate of drug-likeness (QED) is 0.740. The molecule has 0 amide bonds. The van der Waals surface area contributed by atoms with Crippen LogP contribution in [0.5, 0.6) is 0 Å². The van der Waals surface area contributed by atoms with Gasteiger partial charge in [0.2, 0.25) is 0 Å². The van der Waals surface area contributed by atoms with Crippen LogP contribution in [-0.4, -0.2) is 18.9 Å². The van der Waals surface area contributed by atoms with Gasteiger partial charge in [-0.15, -0.1) is 0 Å². The van der Waals surface area contributed by atoms with Crippen LogP contribution in [0, 0.1) is 0 Å². The van der Waals surface area contributed by atoms with Gasteiger partial charge in [0.15, 0.2) is 0 Å². The third-order valence-corrected chi connectivity index (χ3v) is 3.40. The molecule has 0 aromatic heterocycles. The lowest BCUT2D eigenvalue weighted by Crippen LogP contribution is -2.33. The molecule has 1 aliphatic heterocycles. The van der Waals surface area contributed by atoms with Crippen LogP contribution in [0.2, 0.25) is 0 Å². The molecule has 2 rings (SSSR count). The van der Waals surface area contributed by atoms with Crippen molar-refractivity contribution in [2.45, 2.75) is 39.0 Å². The van der Waals surface area contributed by atoms with Crippen molar-refractivity contribution in [3.05, 3.63) is 29.8 Å². The number of hydrogen-bond donors (Lipinski definition) is 0. The van der Waals surface area contributed by atoms with E-state index in [0.717, 1.165) is 13.1 Å². The lowest BCUT2D eigenvalue weighted by molar-refractivity contribution is -0.119. The van der Waals surface area contributed by atoms with Crippen molar-refractivity contribution in [1.82, 2.24) is 0 Å². The Balaban J connectivity index is 2.19. The molecule has 92 valence electrons. The van der Waals surface area contributed by atoms with Crippen LogP contribution in [-0.2, 0) is 10.2 Å². The van der Waals surface area contributed by atoms with Crippen molar-refractivity contribution < 1.29 is 4.79 Å². The first-order chi connectivity index (χ1) is 7.97. The van der Waals surface area contributed by atoms with E-state index in [0.29, 0.717) is 18.6 Å². The number of Topliss-reactive ketones (excluding diaryl/α,β-unsaturated/α-hetero) is 1. The number of piperidine rings is 1. The van der Waals surface area contributed by atoms with Crippen LogP contribution < -0.4 is 4.90 Å². The highest BCUT2D eigenvalue weighted by molar-refractivity contribution is 5.81. The second-order valence-electron chi connectivity index (χ2n) is 5.83. The van der Waals surface area contributed by atoms with Crippen molar-refractivity contribution >= 4 is 11.5 Å². The molecule has 0 saturated carbocycles. The van der Waals surface area contributed by atoms with E-state index in [9.17, 15) is 4.79 Å². The minimum Gasteiger partial charge on any atom is -0.371 e. The fourth-order valence-corrected chi connectivity index (χ4v) is 2.18. The Morgan fingerprint density at radius 2 is 1.76 bits per heavy atom. The molecule has 0 N–H and O–H groups in total. The Bertz CT molecular complexity index is 407. The Morgan fingerprint density at radius 3 is 2.35 bits per heavy atom. The molecule has 1 saturated heterocycles. The van der Waals surface area contributed by atoms with Crippen molar-refractivity contribution in [1.29, 1.82) is 0 Å². The topological polar surface area (TPSA) is 20.3 Å². The highest BCUT2D eigenvalue weighted by atomic mass is 16.1. The molecule has 0 radical (unpaired) electrons. The van der Waals surface area contributed by atoms with Crippen LogP contribution in [0.25, 0.3) is 0 Å². The maximum atomic E-state index is 11.2. The van der Waals surface area contributed by atoms with Gasteiger partial charge in [-0.1, -0.05) is 32.9 Å². The minimum absolute atomic E-state index is 0.182. The summed E-state index contributed by atoms with van der Waals surface area (Å²) >= 11 is 0. The summed E-state index contributed by atoms with van der Waals surface area (Å²) < 4.78 is 0. The maximum Gasteiger partial charge on any atom is 0.136 e. The van der Waals surface area contributed by atoms with E-state index in [4.69, 9.17) is 0 Å². The summed E-state index contributed by atoms with van der Waals surface area (Å²) in [7, 11) is 0. The summed E-state index contributed by atoms with van der Waals surface area (Å²) in [6, 6.07) is 8.70. The van der Waals surface area contributed by atoms with Gasteiger partial charge in [0, 0.05) is 31.6 Å². The summed E-state index contributed by atoms with van der Waals surface area (Å²) in [5.41, 5.74) is 2.79. The number of hydrogen-bond acceptors (Lipinski definition) is 2. The minimum atomic E-state index is 0.182. The SMILES string of the molecule is CC(C)(C)c1cccc(N2CCC(=O)CC2)c1. The van der Waals surface area contributed by atoms with E-state index in [2.05, 4.69) is 49.9 Å². The number of nitrogens with zero attached hydrogens (tertiary/aromatic N) is 1. The molecule has 1 aromatic rings. The highest BCUT2D eigenvalue weighted by Gasteiger charge is 2.18. The number of anilines is 1. The summed E-state index contributed by atoms with van der Waals surface area (Å²) in [6.07, 6.45) is 1.39. The van der Waals surface area contributed by atoms with Gasteiger partial charge >= 0.3 is 0 Å². The molecule has 2 heteroatoms. The molecular formula is C15H21NO. The van der Waals surface area contributed by atoms with Gasteiger partial charge in [-0.05, 0) is 23.1 Å². The highest BCUT2D eigenvalue weighted by Crippen LogP contribution is 2.27. The zero-order valence-corrected chi connectivity index (χ0v) is 11.0. The van der Waals surface area contributed by atoms with Gasteiger partial charge in [0.25, 0.3) is 0 Å². The van der Waals surface area contributed by atoms with Gasteiger partial charge in [-0.3, -0.25) is 4.79 Å². The maximum absolute atomic E-state index is 11.2. The average Bonchev–Trinajstić information content (AvgIpc) is 2.29. The Morgan fingerprint density at radius 1 is 1.12 bits per heavy atom. The van der Waals surface area contributed by atoms with E-state index in [-0.39, 0.29) is 5.41 Å². The molecule has 0 aliphatic carbocycles. The molecule has 1 heterocycles. The molecule has 0 spiro atoms. The fraction of sp³-hybridized carbons (Fsp3) is 0.533. The largest absolute Gasteiger partial charge is 0.371 e. The van der Waals surface area contributed by atoms with Crippen molar-refractivity contribution in [2.24, 2.45) is 0 Å². The molecule has 2 nitrogen and oxygen atoms in total. The lowest BCUT2D eigenvalue weighted by atomic mass is 9.87. The third-order valence-electron chi connectivity index (χ3n) is 3.40. The predicted molar refractivity (Wildman–Crippen MR) is 71.6 cm³/mol. The first-order valence-corrected chi connectivity index (χ1v) is 6.34. The van der Waals surface area contributed by atoms with E-state index < -0.39 is 0 Å². The molecule has 0 bridgehead atoms. The number of rotatable bonds is 1. The Hall–Kier alpha value is -1.31. The van der Waals surface area contributed by atoms with Crippen LogP contribution >= 0.6 is 0 Å². The zero-order valence-electron chi connectivity index (χ0n) is 11.0. The summed E-state index contributed by atoms with van der Waals surface area (Å²) in [5, 5.41) is 0. The second kappa shape index (κ2) is 4.52. The standard InChI is InChI=1S/C15H21NO/c1-15(2,3)12-5-4-6-13(11-12)16-9-7-14(17)8-10-16/h4-6,11H,7-10H2,1-3H3. The summed E-state index contributed by atoms with van der Waals surface area (Å²) in [6.45, 7) is 8.42.